The Morgan fingerprint density at radius 1 is 1.53 bits per heavy atom. The zero-order chi connectivity index (χ0) is 11.5. The van der Waals surface area contributed by atoms with Gasteiger partial charge in [0.1, 0.15) is 0 Å². The molecule has 1 rings (SSSR count). The highest BCUT2D eigenvalue weighted by molar-refractivity contribution is 5.77. The van der Waals surface area contributed by atoms with Crippen LogP contribution < -0.4 is 5.73 Å². The third-order valence-electron chi connectivity index (χ3n) is 3.35. The van der Waals surface area contributed by atoms with Crippen molar-refractivity contribution < 1.29 is 5.11 Å². The normalized spacial score (nSPS) is 21.9. The van der Waals surface area contributed by atoms with Crippen LogP contribution in [0.2, 0.25) is 0 Å². The Morgan fingerprint density at radius 3 is 2.53 bits per heavy atom. The zero-order valence-corrected chi connectivity index (χ0v) is 9.79. The summed E-state index contributed by atoms with van der Waals surface area (Å²) in [6.07, 6.45) is 4.65. The third kappa shape index (κ3) is 3.80. The van der Waals surface area contributed by atoms with Crippen molar-refractivity contribution in [2.24, 2.45) is 5.73 Å². The van der Waals surface area contributed by atoms with Crippen molar-refractivity contribution in [2.75, 3.05) is 13.6 Å². The van der Waals surface area contributed by atoms with Crippen LogP contribution in [-0.4, -0.2) is 41.1 Å². The van der Waals surface area contributed by atoms with Gasteiger partial charge < -0.3 is 15.7 Å². The molecule has 0 aromatic heterocycles. The fourth-order valence-corrected chi connectivity index (χ4v) is 2.29. The Labute approximate surface area is 92.0 Å². The predicted molar refractivity (Wildman–Crippen MR) is 62.0 cm³/mol. The number of amidine groups is 1. The average molecular weight is 213 g/mol. The molecule has 1 aliphatic carbocycles. The van der Waals surface area contributed by atoms with E-state index in [9.17, 15) is 5.11 Å². The van der Waals surface area contributed by atoms with E-state index in [0.717, 1.165) is 25.7 Å². The number of hydrogen-bond donors (Lipinski definition) is 3. The largest absolute Gasteiger partial charge is 0.389 e. The molecule has 0 spiro atoms. The molecule has 15 heavy (non-hydrogen) atoms. The SMILES string of the molecule is CC(CC(=N)N)N(C)CC1(O)CCCC1. The standard InChI is InChI=1S/C11H23N3O/c1-9(7-10(12)13)14(2)8-11(15)5-3-4-6-11/h9,15H,3-8H2,1-2H3,(H3,12,13). The summed E-state index contributed by atoms with van der Waals surface area (Å²) in [4.78, 5) is 2.10. The Bertz CT molecular complexity index is 224. The molecule has 0 aromatic carbocycles. The lowest BCUT2D eigenvalue weighted by atomic mass is 10.0. The maximum atomic E-state index is 10.2. The van der Waals surface area contributed by atoms with Gasteiger partial charge in [-0.05, 0) is 26.8 Å². The summed E-state index contributed by atoms with van der Waals surface area (Å²) in [5.74, 6) is 0.216. The van der Waals surface area contributed by atoms with Gasteiger partial charge in [-0.1, -0.05) is 12.8 Å². The van der Waals surface area contributed by atoms with Gasteiger partial charge in [-0.25, -0.2) is 0 Å². The van der Waals surface area contributed by atoms with Gasteiger partial charge in [0, 0.05) is 19.0 Å². The molecule has 0 heterocycles. The minimum atomic E-state index is -0.500. The van der Waals surface area contributed by atoms with E-state index in [4.69, 9.17) is 11.1 Å². The summed E-state index contributed by atoms with van der Waals surface area (Å²) in [6.45, 7) is 2.74. The first kappa shape index (κ1) is 12.5. The second-order valence-corrected chi connectivity index (χ2v) is 4.92. The summed E-state index contributed by atoms with van der Waals surface area (Å²) in [6, 6.07) is 0.229. The summed E-state index contributed by atoms with van der Waals surface area (Å²) < 4.78 is 0. The van der Waals surface area contributed by atoms with Gasteiger partial charge in [-0.2, -0.15) is 0 Å². The molecule has 1 unspecified atom stereocenters. The first-order chi connectivity index (χ1) is 6.93. The molecule has 1 saturated carbocycles. The Hall–Kier alpha value is -0.610. The van der Waals surface area contributed by atoms with Crippen LogP contribution in [0.5, 0.6) is 0 Å². The molecule has 88 valence electrons. The van der Waals surface area contributed by atoms with E-state index < -0.39 is 5.60 Å². The van der Waals surface area contributed by atoms with Crippen molar-refractivity contribution in [2.45, 2.75) is 50.7 Å². The van der Waals surface area contributed by atoms with Crippen LogP contribution in [0.3, 0.4) is 0 Å². The van der Waals surface area contributed by atoms with Crippen molar-refractivity contribution in [3.8, 4) is 0 Å². The second-order valence-electron chi connectivity index (χ2n) is 4.92. The molecular weight excluding hydrogens is 190 g/mol. The van der Waals surface area contributed by atoms with Crippen LogP contribution in [-0.2, 0) is 0 Å². The first-order valence-electron chi connectivity index (χ1n) is 5.68. The topological polar surface area (TPSA) is 73.3 Å². The van der Waals surface area contributed by atoms with Crippen molar-refractivity contribution in [1.82, 2.24) is 4.90 Å². The molecule has 0 aliphatic heterocycles. The van der Waals surface area contributed by atoms with Gasteiger partial charge in [0.05, 0.1) is 11.4 Å². The van der Waals surface area contributed by atoms with Gasteiger partial charge in [0.2, 0.25) is 0 Å². The van der Waals surface area contributed by atoms with Crippen LogP contribution in [0.15, 0.2) is 0 Å². The van der Waals surface area contributed by atoms with Crippen molar-refractivity contribution in [3.63, 3.8) is 0 Å². The average Bonchev–Trinajstić information content (AvgIpc) is 2.50. The Balaban J connectivity index is 2.39. The molecule has 0 radical (unpaired) electrons. The maximum Gasteiger partial charge on any atom is 0.0920 e. The highest BCUT2D eigenvalue weighted by Crippen LogP contribution is 2.30. The maximum absolute atomic E-state index is 10.2. The number of hydrogen-bond acceptors (Lipinski definition) is 3. The molecule has 0 aromatic rings. The van der Waals surface area contributed by atoms with Gasteiger partial charge in [0.15, 0.2) is 0 Å². The molecule has 0 bridgehead atoms. The molecule has 1 fully saturated rings. The lowest BCUT2D eigenvalue weighted by Crippen LogP contribution is -2.44. The third-order valence-corrected chi connectivity index (χ3v) is 3.35. The smallest absolute Gasteiger partial charge is 0.0920 e. The summed E-state index contributed by atoms with van der Waals surface area (Å²) in [5.41, 5.74) is 4.87. The first-order valence-corrected chi connectivity index (χ1v) is 5.68. The number of rotatable bonds is 5. The molecule has 1 aliphatic rings. The number of aliphatic hydroxyl groups is 1. The van der Waals surface area contributed by atoms with Crippen LogP contribution in [0, 0.1) is 5.41 Å². The summed E-state index contributed by atoms with van der Waals surface area (Å²) in [7, 11) is 1.99. The van der Waals surface area contributed by atoms with Crippen LogP contribution in [0.1, 0.15) is 39.0 Å². The van der Waals surface area contributed by atoms with Crippen LogP contribution in [0.4, 0.5) is 0 Å². The highest BCUT2D eigenvalue weighted by Gasteiger charge is 2.33. The van der Waals surface area contributed by atoms with E-state index >= 15 is 0 Å². The number of likely N-dealkylation sites (N-methyl/N-ethyl adjacent to an activating group) is 1. The van der Waals surface area contributed by atoms with E-state index in [1.54, 1.807) is 0 Å². The molecule has 0 amide bonds. The molecule has 4 N–H and O–H groups in total. The quantitative estimate of drug-likeness (QED) is 0.470. The second kappa shape index (κ2) is 4.94. The van der Waals surface area contributed by atoms with E-state index in [2.05, 4.69) is 4.90 Å². The Morgan fingerprint density at radius 2 is 2.07 bits per heavy atom. The molecule has 0 saturated heterocycles. The van der Waals surface area contributed by atoms with Crippen LogP contribution in [0.25, 0.3) is 0 Å². The lowest BCUT2D eigenvalue weighted by molar-refractivity contribution is 0.00787. The van der Waals surface area contributed by atoms with Crippen molar-refractivity contribution >= 4 is 5.84 Å². The lowest BCUT2D eigenvalue weighted by Gasteiger charge is -2.32. The van der Waals surface area contributed by atoms with Gasteiger partial charge in [-0.3, -0.25) is 5.41 Å². The summed E-state index contributed by atoms with van der Waals surface area (Å²) in [5, 5.41) is 17.5. The molecular formula is C11H23N3O. The molecule has 1 atom stereocenters. The van der Waals surface area contributed by atoms with E-state index in [1.165, 1.54) is 0 Å². The minimum absolute atomic E-state index is 0.216. The fourth-order valence-electron chi connectivity index (χ4n) is 2.29. The predicted octanol–water partition coefficient (Wildman–Crippen LogP) is 0.938. The number of nitrogens with one attached hydrogen (secondary N) is 1. The van der Waals surface area contributed by atoms with Crippen molar-refractivity contribution in [1.29, 1.82) is 5.41 Å². The fraction of sp³-hybridized carbons (Fsp3) is 0.909. The van der Waals surface area contributed by atoms with Gasteiger partial charge in [0.25, 0.3) is 0 Å². The number of nitrogens with zero attached hydrogens (tertiary/aromatic N) is 1. The van der Waals surface area contributed by atoms with E-state index in [1.807, 2.05) is 14.0 Å². The van der Waals surface area contributed by atoms with Gasteiger partial charge >= 0.3 is 0 Å². The van der Waals surface area contributed by atoms with Crippen molar-refractivity contribution in [3.05, 3.63) is 0 Å². The Kier molecular flexibility index (Phi) is 4.11. The monoisotopic (exact) mass is 213 g/mol. The zero-order valence-electron chi connectivity index (χ0n) is 9.79. The van der Waals surface area contributed by atoms with E-state index in [0.29, 0.717) is 13.0 Å². The number of nitrogens with two attached hydrogens (primary N) is 1. The molecule has 4 nitrogen and oxygen atoms in total. The van der Waals surface area contributed by atoms with Crippen LogP contribution >= 0.6 is 0 Å². The molecule has 4 heteroatoms. The van der Waals surface area contributed by atoms with Gasteiger partial charge in [-0.15, -0.1) is 0 Å². The minimum Gasteiger partial charge on any atom is -0.389 e. The van der Waals surface area contributed by atoms with E-state index in [-0.39, 0.29) is 11.9 Å². The highest BCUT2D eigenvalue weighted by atomic mass is 16.3. The summed E-state index contributed by atoms with van der Waals surface area (Å²) >= 11 is 0.